The van der Waals surface area contributed by atoms with Crippen LogP contribution < -0.4 is 16.8 Å². The molecule has 0 unspecified atom stereocenters. The molecule has 19 heavy (non-hydrogen) atoms. The van der Waals surface area contributed by atoms with E-state index >= 15 is 0 Å². The third kappa shape index (κ3) is 4.84. The number of amides is 2. The predicted molar refractivity (Wildman–Crippen MR) is 68.3 cm³/mol. The van der Waals surface area contributed by atoms with E-state index in [1.54, 1.807) is 6.07 Å². The minimum absolute atomic E-state index is 0.198. The molecule has 0 heterocycles. The van der Waals surface area contributed by atoms with Crippen LogP contribution in [0.25, 0.3) is 0 Å². The average Bonchev–Trinajstić information content (AvgIpc) is 2.32. The number of phenolic OH excluding ortho intramolecular Hbond substituents is 2. The van der Waals surface area contributed by atoms with Gasteiger partial charge in [-0.15, -0.1) is 0 Å². The molecule has 0 spiro atoms. The SMILES string of the molecule is NC(=O)C[C@@H](N)C(=O)NCCc1ccc(O)c(O)c1. The summed E-state index contributed by atoms with van der Waals surface area (Å²) in [7, 11) is 0. The molecule has 7 N–H and O–H groups in total. The normalized spacial score (nSPS) is 11.8. The Morgan fingerprint density at radius 3 is 2.53 bits per heavy atom. The number of benzene rings is 1. The maximum atomic E-state index is 11.5. The van der Waals surface area contributed by atoms with E-state index in [2.05, 4.69) is 5.32 Å². The van der Waals surface area contributed by atoms with Crippen molar-refractivity contribution in [1.29, 1.82) is 0 Å². The van der Waals surface area contributed by atoms with Crippen LogP contribution >= 0.6 is 0 Å². The molecule has 0 fully saturated rings. The van der Waals surface area contributed by atoms with Crippen molar-refractivity contribution in [3.05, 3.63) is 23.8 Å². The number of primary amides is 1. The van der Waals surface area contributed by atoms with Crippen molar-refractivity contribution in [3.8, 4) is 11.5 Å². The van der Waals surface area contributed by atoms with Gasteiger partial charge in [-0.2, -0.15) is 0 Å². The lowest BCUT2D eigenvalue weighted by atomic mass is 10.1. The van der Waals surface area contributed by atoms with Crippen LogP contribution in [0.4, 0.5) is 0 Å². The topological polar surface area (TPSA) is 139 Å². The Balaban J connectivity index is 2.39. The molecule has 7 nitrogen and oxygen atoms in total. The fraction of sp³-hybridized carbons (Fsp3) is 0.333. The Hall–Kier alpha value is -2.28. The molecule has 1 atom stereocenters. The summed E-state index contributed by atoms with van der Waals surface area (Å²) in [6.45, 7) is 0.301. The number of rotatable bonds is 6. The summed E-state index contributed by atoms with van der Waals surface area (Å²) in [5, 5.41) is 21.0. The molecule has 0 aliphatic heterocycles. The van der Waals surface area contributed by atoms with Crippen LogP contribution in [0.2, 0.25) is 0 Å². The fourth-order valence-electron chi connectivity index (χ4n) is 1.50. The van der Waals surface area contributed by atoms with Crippen LogP contribution in [-0.2, 0) is 16.0 Å². The smallest absolute Gasteiger partial charge is 0.237 e. The zero-order valence-electron chi connectivity index (χ0n) is 10.3. The number of hydrogen-bond acceptors (Lipinski definition) is 5. The molecule has 0 aromatic heterocycles. The van der Waals surface area contributed by atoms with Crippen molar-refractivity contribution >= 4 is 11.8 Å². The molecule has 0 aliphatic carbocycles. The molecular formula is C12H17N3O4. The first-order chi connectivity index (χ1) is 8.90. The van der Waals surface area contributed by atoms with E-state index in [4.69, 9.17) is 16.6 Å². The number of phenols is 2. The molecule has 1 rings (SSSR count). The van der Waals surface area contributed by atoms with E-state index in [9.17, 15) is 14.7 Å². The van der Waals surface area contributed by atoms with E-state index in [0.717, 1.165) is 5.56 Å². The third-order valence-electron chi connectivity index (χ3n) is 2.51. The molecule has 0 saturated carbocycles. The largest absolute Gasteiger partial charge is 0.504 e. The number of carbonyl (C=O) groups is 2. The quantitative estimate of drug-likeness (QED) is 0.419. The molecule has 104 valence electrons. The molecule has 1 aromatic carbocycles. The Morgan fingerprint density at radius 2 is 1.95 bits per heavy atom. The van der Waals surface area contributed by atoms with Crippen LogP contribution in [0.5, 0.6) is 11.5 Å². The molecule has 0 radical (unpaired) electrons. The lowest BCUT2D eigenvalue weighted by Crippen LogP contribution is -2.43. The molecular weight excluding hydrogens is 250 g/mol. The highest BCUT2D eigenvalue weighted by molar-refractivity contribution is 5.87. The van der Waals surface area contributed by atoms with E-state index in [1.165, 1.54) is 12.1 Å². The van der Waals surface area contributed by atoms with Crippen molar-refractivity contribution in [2.24, 2.45) is 11.5 Å². The van der Waals surface area contributed by atoms with Crippen LogP contribution in [-0.4, -0.2) is 34.6 Å². The second-order valence-electron chi connectivity index (χ2n) is 4.14. The second kappa shape index (κ2) is 6.60. The highest BCUT2D eigenvalue weighted by atomic mass is 16.3. The average molecular weight is 267 g/mol. The van der Waals surface area contributed by atoms with Gasteiger partial charge in [-0.05, 0) is 24.1 Å². The monoisotopic (exact) mass is 267 g/mol. The minimum Gasteiger partial charge on any atom is -0.504 e. The molecule has 0 bridgehead atoms. The van der Waals surface area contributed by atoms with E-state index in [-0.39, 0.29) is 17.9 Å². The summed E-state index contributed by atoms with van der Waals surface area (Å²) in [5.41, 5.74) is 11.1. The minimum atomic E-state index is -0.953. The molecule has 0 saturated heterocycles. The Morgan fingerprint density at radius 1 is 1.26 bits per heavy atom. The standard InChI is InChI=1S/C12H17N3O4/c13-8(6-11(14)18)12(19)15-4-3-7-1-2-9(16)10(17)5-7/h1-2,5,8,16-17H,3-4,6,13H2,(H2,14,18)(H,15,19)/t8-/m1/s1. The van der Waals surface area contributed by atoms with Crippen LogP contribution in [0, 0.1) is 0 Å². The summed E-state index contributed by atoms with van der Waals surface area (Å²) in [5.74, 6) is -1.50. The number of nitrogens with one attached hydrogen (secondary N) is 1. The van der Waals surface area contributed by atoms with Gasteiger partial charge in [0.15, 0.2) is 11.5 Å². The summed E-state index contributed by atoms with van der Waals surface area (Å²) in [6, 6.07) is 3.45. The molecule has 0 aliphatic rings. The van der Waals surface area contributed by atoms with Crippen LogP contribution in [0.15, 0.2) is 18.2 Å². The van der Waals surface area contributed by atoms with Crippen LogP contribution in [0.1, 0.15) is 12.0 Å². The fourth-order valence-corrected chi connectivity index (χ4v) is 1.50. The summed E-state index contributed by atoms with van der Waals surface area (Å²) < 4.78 is 0. The Bertz CT molecular complexity index is 476. The maximum Gasteiger partial charge on any atom is 0.237 e. The van der Waals surface area contributed by atoms with Crippen molar-refractivity contribution in [2.75, 3.05) is 6.54 Å². The Labute approximate surface area is 110 Å². The zero-order chi connectivity index (χ0) is 14.4. The van der Waals surface area contributed by atoms with E-state index in [0.29, 0.717) is 13.0 Å². The van der Waals surface area contributed by atoms with Gasteiger partial charge >= 0.3 is 0 Å². The first-order valence-corrected chi connectivity index (χ1v) is 5.72. The van der Waals surface area contributed by atoms with E-state index in [1.807, 2.05) is 0 Å². The van der Waals surface area contributed by atoms with Gasteiger partial charge in [0.1, 0.15) is 0 Å². The van der Waals surface area contributed by atoms with Crippen molar-refractivity contribution in [1.82, 2.24) is 5.32 Å². The van der Waals surface area contributed by atoms with Gasteiger partial charge in [0.05, 0.1) is 12.5 Å². The van der Waals surface area contributed by atoms with Crippen molar-refractivity contribution in [2.45, 2.75) is 18.9 Å². The maximum absolute atomic E-state index is 11.5. The van der Waals surface area contributed by atoms with Gasteiger partial charge < -0.3 is 27.0 Å². The Kier molecular flexibility index (Phi) is 5.13. The van der Waals surface area contributed by atoms with Gasteiger partial charge in [0.25, 0.3) is 0 Å². The van der Waals surface area contributed by atoms with Crippen LogP contribution in [0.3, 0.4) is 0 Å². The zero-order valence-corrected chi connectivity index (χ0v) is 10.3. The van der Waals surface area contributed by atoms with Crippen molar-refractivity contribution < 1.29 is 19.8 Å². The molecule has 1 aromatic rings. The summed E-state index contributed by atoms with van der Waals surface area (Å²) >= 11 is 0. The predicted octanol–water partition coefficient (Wildman–Crippen LogP) is -1.04. The first-order valence-electron chi connectivity index (χ1n) is 5.72. The second-order valence-corrected chi connectivity index (χ2v) is 4.14. The molecule has 7 heteroatoms. The lowest BCUT2D eigenvalue weighted by Gasteiger charge is -2.10. The number of hydrogen-bond donors (Lipinski definition) is 5. The highest BCUT2D eigenvalue weighted by Gasteiger charge is 2.15. The van der Waals surface area contributed by atoms with Gasteiger partial charge in [-0.1, -0.05) is 6.07 Å². The number of carbonyl (C=O) groups excluding carboxylic acids is 2. The van der Waals surface area contributed by atoms with Gasteiger partial charge in [-0.25, -0.2) is 0 Å². The van der Waals surface area contributed by atoms with Crippen molar-refractivity contribution in [3.63, 3.8) is 0 Å². The van der Waals surface area contributed by atoms with Gasteiger partial charge in [0, 0.05) is 6.54 Å². The third-order valence-corrected chi connectivity index (χ3v) is 2.51. The van der Waals surface area contributed by atoms with Gasteiger partial charge in [0.2, 0.25) is 11.8 Å². The first kappa shape index (κ1) is 14.8. The lowest BCUT2D eigenvalue weighted by molar-refractivity contribution is -0.126. The number of aromatic hydroxyl groups is 2. The summed E-state index contributed by atoms with van der Waals surface area (Å²) in [4.78, 5) is 22.0. The van der Waals surface area contributed by atoms with E-state index < -0.39 is 17.9 Å². The summed E-state index contributed by atoms with van der Waals surface area (Å²) in [6.07, 6.45) is 0.259. The van der Waals surface area contributed by atoms with Gasteiger partial charge in [-0.3, -0.25) is 9.59 Å². The molecule has 2 amide bonds. The highest BCUT2D eigenvalue weighted by Crippen LogP contribution is 2.24. The number of nitrogens with two attached hydrogens (primary N) is 2.